The number of nitrogens with one attached hydrogen (secondary N) is 1. The molecule has 0 aliphatic carbocycles. The van der Waals surface area contributed by atoms with E-state index in [2.05, 4.69) is 15.2 Å². The first kappa shape index (κ1) is 16.2. The van der Waals surface area contributed by atoms with Crippen molar-refractivity contribution in [3.05, 3.63) is 36.3 Å². The van der Waals surface area contributed by atoms with Crippen LogP contribution in [0.3, 0.4) is 0 Å². The van der Waals surface area contributed by atoms with Gasteiger partial charge in [-0.15, -0.1) is 0 Å². The van der Waals surface area contributed by atoms with Gasteiger partial charge >= 0.3 is 5.97 Å². The molecule has 24 heavy (non-hydrogen) atoms. The summed E-state index contributed by atoms with van der Waals surface area (Å²) >= 11 is 0. The summed E-state index contributed by atoms with van der Waals surface area (Å²) in [5.74, 6) is -0.362. The van der Waals surface area contributed by atoms with Gasteiger partial charge in [0.1, 0.15) is 5.69 Å². The van der Waals surface area contributed by atoms with Crippen molar-refractivity contribution in [1.29, 1.82) is 0 Å². The number of H-pyrrole nitrogens is 1. The van der Waals surface area contributed by atoms with Gasteiger partial charge in [0.05, 0.1) is 18.2 Å². The molecule has 1 fully saturated rings. The summed E-state index contributed by atoms with van der Waals surface area (Å²) in [4.78, 5) is 30.0. The maximum atomic E-state index is 12.6. The molecule has 0 bridgehead atoms. The fourth-order valence-electron chi connectivity index (χ4n) is 2.85. The fraction of sp³-hybridized carbons (Fsp3) is 0.412. The molecule has 7 heteroatoms. The van der Waals surface area contributed by atoms with E-state index in [1.165, 1.54) is 0 Å². The minimum Gasteiger partial charge on any atom is -0.466 e. The number of aromatic nitrogens is 3. The predicted octanol–water partition coefficient (Wildman–Crippen LogP) is 1.89. The standard InChI is InChI=1S/C17H20N4O3/c1-2-24-17(23)13-5-9-21(10-6-13)16(22)15-11-14(19-20-15)12-3-7-18-8-4-12/h3-4,7-8,11,13H,2,5-6,9-10H2,1H3,(H,19,20). The maximum Gasteiger partial charge on any atom is 0.309 e. The second-order valence-electron chi connectivity index (χ2n) is 5.72. The number of rotatable bonds is 4. The number of aromatic amines is 1. The van der Waals surface area contributed by atoms with Crippen molar-refractivity contribution >= 4 is 11.9 Å². The van der Waals surface area contributed by atoms with E-state index in [0.29, 0.717) is 43.9 Å². The molecule has 1 amide bonds. The average molecular weight is 328 g/mol. The minimum absolute atomic E-state index is 0.0925. The zero-order valence-corrected chi connectivity index (χ0v) is 13.6. The first-order valence-corrected chi connectivity index (χ1v) is 8.10. The van der Waals surface area contributed by atoms with Crippen LogP contribution in [0.25, 0.3) is 11.3 Å². The van der Waals surface area contributed by atoms with Gasteiger partial charge in [-0.25, -0.2) is 0 Å². The number of ether oxygens (including phenoxy) is 1. The highest BCUT2D eigenvalue weighted by molar-refractivity contribution is 5.93. The third-order valence-corrected chi connectivity index (χ3v) is 4.19. The summed E-state index contributed by atoms with van der Waals surface area (Å²) in [6.07, 6.45) is 4.64. The van der Waals surface area contributed by atoms with E-state index in [9.17, 15) is 9.59 Å². The lowest BCUT2D eigenvalue weighted by atomic mass is 9.97. The Morgan fingerprint density at radius 2 is 2.00 bits per heavy atom. The van der Waals surface area contributed by atoms with Crippen molar-refractivity contribution in [3.8, 4) is 11.3 Å². The van der Waals surface area contributed by atoms with Crippen LogP contribution in [0.2, 0.25) is 0 Å². The lowest BCUT2D eigenvalue weighted by Gasteiger charge is -2.30. The third-order valence-electron chi connectivity index (χ3n) is 4.19. The molecule has 3 heterocycles. The van der Waals surface area contributed by atoms with Gasteiger partial charge in [-0.1, -0.05) is 0 Å². The van der Waals surface area contributed by atoms with Crippen LogP contribution in [0.1, 0.15) is 30.3 Å². The number of piperidine rings is 1. The van der Waals surface area contributed by atoms with Gasteiger partial charge in [-0.2, -0.15) is 5.10 Å². The number of nitrogens with zero attached hydrogens (tertiary/aromatic N) is 3. The zero-order valence-electron chi connectivity index (χ0n) is 13.6. The Hall–Kier alpha value is -2.70. The maximum absolute atomic E-state index is 12.6. The molecule has 0 radical (unpaired) electrons. The Morgan fingerprint density at radius 1 is 1.29 bits per heavy atom. The molecule has 2 aromatic rings. The normalized spacial score (nSPS) is 15.3. The number of hydrogen-bond donors (Lipinski definition) is 1. The molecule has 2 aromatic heterocycles. The molecule has 0 aromatic carbocycles. The Labute approximate surface area is 140 Å². The quantitative estimate of drug-likeness (QED) is 0.866. The van der Waals surface area contributed by atoms with Crippen molar-refractivity contribution in [2.45, 2.75) is 19.8 Å². The van der Waals surface area contributed by atoms with E-state index < -0.39 is 0 Å². The van der Waals surface area contributed by atoms with Gasteiger partial charge in [0.15, 0.2) is 0 Å². The number of carbonyl (C=O) groups is 2. The van der Waals surface area contributed by atoms with Gasteiger partial charge in [0.2, 0.25) is 0 Å². The van der Waals surface area contributed by atoms with E-state index in [4.69, 9.17) is 4.74 Å². The van der Waals surface area contributed by atoms with Gasteiger partial charge in [-0.3, -0.25) is 19.7 Å². The molecule has 1 aliphatic rings. The largest absolute Gasteiger partial charge is 0.466 e. The Morgan fingerprint density at radius 3 is 2.67 bits per heavy atom. The van der Waals surface area contributed by atoms with E-state index in [0.717, 1.165) is 5.56 Å². The summed E-state index contributed by atoms with van der Waals surface area (Å²) in [5.41, 5.74) is 2.07. The zero-order chi connectivity index (χ0) is 16.9. The van der Waals surface area contributed by atoms with Crippen LogP contribution >= 0.6 is 0 Å². The Bertz CT molecular complexity index is 706. The van der Waals surface area contributed by atoms with Gasteiger partial charge in [0.25, 0.3) is 5.91 Å². The van der Waals surface area contributed by atoms with Crippen molar-refractivity contribution in [2.75, 3.05) is 19.7 Å². The molecule has 126 valence electrons. The minimum atomic E-state index is -0.161. The predicted molar refractivity (Wildman–Crippen MR) is 87.1 cm³/mol. The number of pyridine rings is 1. The fourth-order valence-corrected chi connectivity index (χ4v) is 2.85. The van der Waals surface area contributed by atoms with Gasteiger partial charge in [0, 0.05) is 31.0 Å². The lowest BCUT2D eigenvalue weighted by Crippen LogP contribution is -2.40. The number of esters is 1. The molecule has 0 unspecified atom stereocenters. The van der Waals surface area contributed by atoms with Crippen LogP contribution in [0.15, 0.2) is 30.6 Å². The van der Waals surface area contributed by atoms with Crippen molar-refractivity contribution in [2.24, 2.45) is 5.92 Å². The number of carbonyl (C=O) groups excluding carboxylic acids is 2. The van der Waals surface area contributed by atoms with E-state index >= 15 is 0 Å². The van der Waals surface area contributed by atoms with E-state index in [1.807, 2.05) is 12.1 Å². The summed E-state index contributed by atoms with van der Waals surface area (Å²) in [6, 6.07) is 5.43. The second kappa shape index (κ2) is 7.25. The summed E-state index contributed by atoms with van der Waals surface area (Å²) in [5, 5.41) is 7.00. The smallest absolute Gasteiger partial charge is 0.309 e. The van der Waals surface area contributed by atoms with Crippen LogP contribution in [0.5, 0.6) is 0 Å². The van der Waals surface area contributed by atoms with E-state index in [1.54, 1.807) is 30.3 Å². The van der Waals surface area contributed by atoms with Gasteiger partial charge < -0.3 is 9.64 Å². The van der Waals surface area contributed by atoms with E-state index in [-0.39, 0.29) is 17.8 Å². The SMILES string of the molecule is CCOC(=O)C1CCN(C(=O)c2cc(-c3ccncc3)n[nH]2)CC1. The highest BCUT2D eigenvalue weighted by atomic mass is 16.5. The topological polar surface area (TPSA) is 88.2 Å². The average Bonchev–Trinajstić information content (AvgIpc) is 3.12. The Balaban J connectivity index is 1.62. The number of amides is 1. The molecule has 1 saturated heterocycles. The molecule has 0 saturated carbocycles. The third kappa shape index (κ3) is 3.45. The van der Waals surface area contributed by atoms with Crippen LogP contribution in [-0.2, 0) is 9.53 Å². The molecule has 7 nitrogen and oxygen atoms in total. The summed E-state index contributed by atoms with van der Waals surface area (Å²) < 4.78 is 5.05. The number of likely N-dealkylation sites (tertiary alicyclic amines) is 1. The first-order valence-electron chi connectivity index (χ1n) is 8.10. The molecule has 3 rings (SSSR count). The molecule has 1 N–H and O–H groups in total. The lowest BCUT2D eigenvalue weighted by molar-refractivity contribution is -0.149. The summed E-state index contributed by atoms with van der Waals surface area (Å²) in [6.45, 7) is 3.29. The van der Waals surface area contributed by atoms with Crippen LogP contribution < -0.4 is 0 Å². The number of hydrogen-bond acceptors (Lipinski definition) is 5. The van der Waals surface area contributed by atoms with Crippen molar-refractivity contribution in [3.63, 3.8) is 0 Å². The molecule has 0 atom stereocenters. The highest BCUT2D eigenvalue weighted by Crippen LogP contribution is 2.21. The van der Waals surface area contributed by atoms with Crippen molar-refractivity contribution in [1.82, 2.24) is 20.1 Å². The monoisotopic (exact) mass is 328 g/mol. The van der Waals surface area contributed by atoms with Crippen LogP contribution in [-0.4, -0.2) is 51.7 Å². The van der Waals surface area contributed by atoms with Crippen molar-refractivity contribution < 1.29 is 14.3 Å². The van der Waals surface area contributed by atoms with Crippen LogP contribution in [0.4, 0.5) is 0 Å². The summed E-state index contributed by atoms with van der Waals surface area (Å²) in [7, 11) is 0. The van der Waals surface area contributed by atoms with Crippen LogP contribution in [0, 0.1) is 5.92 Å². The van der Waals surface area contributed by atoms with Gasteiger partial charge in [-0.05, 0) is 38.0 Å². The molecule has 1 aliphatic heterocycles. The Kier molecular flexibility index (Phi) is 4.88. The molecular formula is C17H20N4O3. The highest BCUT2D eigenvalue weighted by Gasteiger charge is 2.29. The molecular weight excluding hydrogens is 308 g/mol. The molecule has 0 spiro atoms. The first-order chi connectivity index (χ1) is 11.7. The second-order valence-corrected chi connectivity index (χ2v) is 5.72.